The van der Waals surface area contributed by atoms with E-state index < -0.39 is 4.92 Å². The predicted octanol–water partition coefficient (Wildman–Crippen LogP) is 2.16. The summed E-state index contributed by atoms with van der Waals surface area (Å²) in [4.78, 5) is 22.7. The topological polar surface area (TPSA) is 84.3 Å². The summed E-state index contributed by atoms with van der Waals surface area (Å²) in [6, 6.07) is 6.31. The van der Waals surface area contributed by atoms with Crippen LogP contribution in [0.2, 0.25) is 0 Å². The molecule has 6 nitrogen and oxygen atoms in total. The minimum atomic E-state index is -0.412. The van der Waals surface area contributed by atoms with Gasteiger partial charge in [-0.25, -0.2) is 0 Å². The summed E-state index contributed by atoms with van der Waals surface area (Å²) < 4.78 is 0. The van der Waals surface area contributed by atoms with Gasteiger partial charge in [-0.3, -0.25) is 14.9 Å². The van der Waals surface area contributed by atoms with E-state index in [0.29, 0.717) is 6.42 Å². The Bertz CT molecular complexity index is 513. The largest absolute Gasteiger partial charge is 0.349 e. The molecule has 1 aliphatic rings. The van der Waals surface area contributed by atoms with Crippen molar-refractivity contribution in [2.45, 2.75) is 32.2 Å². The molecule has 1 unspecified atom stereocenters. The van der Waals surface area contributed by atoms with Gasteiger partial charge < -0.3 is 10.6 Å². The first-order valence-electron chi connectivity index (χ1n) is 7.37. The van der Waals surface area contributed by atoms with Crippen LogP contribution in [0.1, 0.15) is 37.8 Å². The number of nitro groups is 1. The molecule has 114 valence electrons. The van der Waals surface area contributed by atoms with Crippen molar-refractivity contribution in [3.8, 4) is 0 Å². The first kappa shape index (κ1) is 15.4. The molecule has 21 heavy (non-hydrogen) atoms. The monoisotopic (exact) mass is 291 g/mol. The Morgan fingerprint density at radius 1 is 1.48 bits per heavy atom. The summed E-state index contributed by atoms with van der Waals surface area (Å²) in [7, 11) is 0. The van der Waals surface area contributed by atoms with Gasteiger partial charge in [0.2, 0.25) is 5.91 Å². The van der Waals surface area contributed by atoms with Crippen LogP contribution in [0.4, 0.5) is 5.69 Å². The lowest BCUT2D eigenvalue weighted by Gasteiger charge is -2.25. The molecule has 1 aromatic rings. The number of nitrogens with one attached hydrogen (secondary N) is 2. The second-order valence-corrected chi connectivity index (χ2v) is 5.35. The van der Waals surface area contributed by atoms with Crippen LogP contribution >= 0.6 is 0 Å². The van der Waals surface area contributed by atoms with E-state index in [2.05, 4.69) is 10.6 Å². The highest BCUT2D eigenvalue weighted by Gasteiger charge is 2.23. The molecular weight excluding hydrogens is 270 g/mol. The first-order chi connectivity index (χ1) is 10.1. The zero-order valence-corrected chi connectivity index (χ0v) is 12.2. The van der Waals surface area contributed by atoms with E-state index >= 15 is 0 Å². The van der Waals surface area contributed by atoms with Crippen LogP contribution in [-0.4, -0.2) is 23.9 Å². The Morgan fingerprint density at radius 2 is 2.19 bits per heavy atom. The van der Waals surface area contributed by atoms with Crippen molar-refractivity contribution < 1.29 is 9.72 Å². The molecule has 2 N–H and O–H groups in total. The number of piperidine rings is 1. The third kappa shape index (κ3) is 4.01. The van der Waals surface area contributed by atoms with Gasteiger partial charge in [0.1, 0.15) is 0 Å². The van der Waals surface area contributed by atoms with Gasteiger partial charge >= 0.3 is 0 Å². The van der Waals surface area contributed by atoms with Gasteiger partial charge in [0.25, 0.3) is 5.69 Å². The first-order valence-corrected chi connectivity index (χ1v) is 7.37. The maximum Gasteiger partial charge on any atom is 0.269 e. The highest BCUT2D eigenvalue weighted by Crippen LogP contribution is 2.23. The fourth-order valence-corrected chi connectivity index (χ4v) is 2.65. The normalized spacial score (nSPS) is 17.2. The molecule has 1 heterocycles. The third-order valence-corrected chi connectivity index (χ3v) is 3.92. The smallest absolute Gasteiger partial charge is 0.269 e. The minimum absolute atomic E-state index is 0.0407. The number of hydrogen-bond acceptors (Lipinski definition) is 4. The van der Waals surface area contributed by atoms with E-state index in [4.69, 9.17) is 0 Å². The molecule has 1 atom stereocenters. The van der Waals surface area contributed by atoms with E-state index in [1.54, 1.807) is 6.07 Å². The fraction of sp³-hybridized carbons (Fsp3) is 0.533. The number of carbonyl (C=O) groups excluding carboxylic acids is 1. The Kier molecular flexibility index (Phi) is 5.27. The number of nitro benzene ring substituents is 1. The molecule has 2 rings (SSSR count). The number of amides is 1. The third-order valence-electron chi connectivity index (χ3n) is 3.92. The molecule has 0 bridgehead atoms. The lowest BCUT2D eigenvalue weighted by atomic mass is 9.95. The van der Waals surface area contributed by atoms with Gasteiger partial charge in [-0.05, 0) is 37.9 Å². The highest BCUT2D eigenvalue weighted by molar-refractivity contribution is 5.79. The van der Waals surface area contributed by atoms with E-state index in [0.717, 1.165) is 31.5 Å². The molecule has 1 fully saturated rings. The summed E-state index contributed by atoms with van der Waals surface area (Å²) in [6.45, 7) is 3.70. The number of nitrogens with zero attached hydrogens (tertiary/aromatic N) is 1. The van der Waals surface area contributed by atoms with Gasteiger partial charge in [-0.15, -0.1) is 0 Å². The van der Waals surface area contributed by atoms with Crippen molar-refractivity contribution in [1.82, 2.24) is 10.6 Å². The van der Waals surface area contributed by atoms with Crippen LogP contribution in [0.25, 0.3) is 0 Å². The zero-order valence-electron chi connectivity index (χ0n) is 12.2. The summed E-state index contributed by atoms with van der Waals surface area (Å²) in [6.07, 6.45) is 2.40. The maximum absolute atomic E-state index is 12.3. The van der Waals surface area contributed by atoms with Crippen molar-refractivity contribution in [3.63, 3.8) is 0 Å². The molecule has 0 saturated carbocycles. The van der Waals surface area contributed by atoms with Crippen LogP contribution < -0.4 is 10.6 Å². The number of non-ortho nitro benzene ring substituents is 1. The highest BCUT2D eigenvalue weighted by atomic mass is 16.6. The zero-order chi connectivity index (χ0) is 15.2. The number of benzene rings is 1. The van der Waals surface area contributed by atoms with Gasteiger partial charge in [0.15, 0.2) is 0 Å². The number of carbonyl (C=O) groups is 1. The van der Waals surface area contributed by atoms with Crippen molar-refractivity contribution in [3.05, 3.63) is 39.9 Å². The van der Waals surface area contributed by atoms with E-state index in [9.17, 15) is 14.9 Å². The molecule has 0 radical (unpaired) electrons. The molecule has 0 aliphatic carbocycles. The summed E-state index contributed by atoms with van der Waals surface area (Å²) in [5.41, 5.74) is 0.844. The van der Waals surface area contributed by atoms with Crippen molar-refractivity contribution in [2.24, 2.45) is 5.92 Å². The van der Waals surface area contributed by atoms with Gasteiger partial charge in [-0.2, -0.15) is 0 Å². The van der Waals surface area contributed by atoms with Crippen LogP contribution in [-0.2, 0) is 4.79 Å². The quantitative estimate of drug-likeness (QED) is 0.643. The maximum atomic E-state index is 12.3. The predicted molar refractivity (Wildman–Crippen MR) is 79.9 cm³/mol. The Morgan fingerprint density at radius 3 is 2.81 bits per heavy atom. The summed E-state index contributed by atoms with van der Waals surface area (Å²) in [5, 5.41) is 17.1. The Hall–Kier alpha value is -1.95. The van der Waals surface area contributed by atoms with Crippen molar-refractivity contribution in [1.29, 1.82) is 0 Å². The van der Waals surface area contributed by atoms with Crippen LogP contribution in [0.15, 0.2) is 24.3 Å². The molecular formula is C15H21N3O3. The van der Waals surface area contributed by atoms with Crippen molar-refractivity contribution >= 4 is 11.6 Å². The number of hydrogen-bond donors (Lipinski definition) is 2. The lowest BCUT2D eigenvalue weighted by Crippen LogP contribution is -2.39. The molecule has 1 amide bonds. The SMILES string of the molecule is CCC(NC(=O)C1CCNCC1)c1cccc([N+](=O)[O-])c1. The molecule has 1 saturated heterocycles. The lowest BCUT2D eigenvalue weighted by molar-refractivity contribution is -0.384. The molecule has 1 aliphatic heterocycles. The average Bonchev–Trinajstić information content (AvgIpc) is 2.53. The van der Waals surface area contributed by atoms with E-state index in [1.807, 2.05) is 13.0 Å². The average molecular weight is 291 g/mol. The van der Waals surface area contributed by atoms with E-state index in [-0.39, 0.29) is 23.6 Å². The summed E-state index contributed by atoms with van der Waals surface area (Å²) >= 11 is 0. The summed E-state index contributed by atoms with van der Waals surface area (Å²) in [5.74, 6) is 0.0915. The minimum Gasteiger partial charge on any atom is -0.349 e. The Labute approximate surface area is 124 Å². The van der Waals surface area contributed by atoms with Crippen molar-refractivity contribution in [2.75, 3.05) is 13.1 Å². The Balaban J connectivity index is 2.06. The standard InChI is InChI=1S/C15H21N3O3/c1-2-14(12-4-3-5-13(10-12)18(20)21)17-15(19)11-6-8-16-9-7-11/h3-5,10-11,14,16H,2,6-9H2,1H3,(H,17,19). The molecule has 0 aromatic heterocycles. The molecule has 6 heteroatoms. The van der Waals surface area contributed by atoms with E-state index in [1.165, 1.54) is 12.1 Å². The second kappa shape index (κ2) is 7.17. The second-order valence-electron chi connectivity index (χ2n) is 5.35. The molecule has 1 aromatic carbocycles. The fourth-order valence-electron chi connectivity index (χ4n) is 2.65. The van der Waals surface area contributed by atoms with Gasteiger partial charge in [0, 0.05) is 18.1 Å². The number of rotatable bonds is 5. The molecule has 0 spiro atoms. The van der Waals surface area contributed by atoms with Gasteiger partial charge in [0.05, 0.1) is 11.0 Å². The van der Waals surface area contributed by atoms with Crippen LogP contribution in [0.5, 0.6) is 0 Å². The van der Waals surface area contributed by atoms with Gasteiger partial charge in [-0.1, -0.05) is 19.1 Å². The van der Waals surface area contributed by atoms with Crippen LogP contribution in [0, 0.1) is 16.0 Å². The van der Waals surface area contributed by atoms with Crippen LogP contribution in [0.3, 0.4) is 0 Å².